The lowest BCUT2D eigenvalue weighted by molar-refractivity contribution is 0.531. The molecule has 2 atom stereocenters. The van der Waals surface area contributed by atoms with Gasteiger partial charge in [0, 0.05) is 17.8 Å². The van der Waals surface area contributed by atoms with E-state index in [1.54, 1.807) is 6.07 Å². The maximum atomic E-state index is 13.2. The van der Waals surface area contributed by atoms with Gasteiger partial charge in [-0.05, 0) is 42.7 Å². The molecule has 0 radical (unpaired) electrons. The normalized spacial score (nSPS) is 23.5. The van der Waals surface area contributed by atoms with Crippen molar-refractivity contribution in [1.82, 2.24) is 5.32 Å². The molecule has 0 saturated heterocycles. The Balaban J connectivity index is 1.88. The minimum absolute atomic E-state index is 0.112. The SMILES string of the molecule is CCSC1CCCC1NCc1ccc(F)c(C)c1. The Morgan fingerprint density at radius 3 is 2.94 bits per heavy atom. The van der Waals surface area contributed by atoms with Crippen molar-refractivity contribution in [1.29, 1.82) is 0 Å². The largest absolute Gasteiger partial charge is 0.309 e. The number of hydrogen-bond donors (Lipinski definition) is 1. The first-order chi connectivity index (χ1) is 8.70. The molecule has 2 unspecified atom stereocenters. The van der Waals surface area contributed by atoms with E-state index in [2.05, 4.69) is 24.0 Å². The Morgan fingerprint density at radius 1 is 1.39 bits per heavy atom. The van der Waals surface area contributed by atoms with Crippen molar-refractivity contribution in [3.63, 3.8) is 0 Å². The van der Waals surface area contributed by atoms with Crippen LogP contribution in [0.1, 0.15) is 37.3 Å². The maximum Gasteiger partial charge on any atom is 0.126 e. The fourth-order valence-electron chi connectivity index (χ4n) is 2.64. The summed E-state index contributed by atoms with van der Waals surface area (Å²) in [5.74, 6) is 1.08. The first-order valence-electron chi connectivity index (χ1n) is 6.80. The van der Waals surface area contributed by atoms with E-state index in [4.69, 9.17) is 0 Å². The van der Waals surface area contributed by atoms with Crippen LogP contribution in [0.4, 0.5) is 4.39 Å². The highest BCUT2D eigenvalue weighted by Gasteiger charge is 2.26. The summed E-state index contributed by atoms with van der Waals surface area (Å²) in [6.45, 7) is 4.90. The van der Waals surface area contributed by atoms with Crippen LogP contribution >= 0.6 is 11.8 Å². The molecule has 1 N–H and O–H groups in total. The van der Waals surface area contributed by atoms with Crippen LogP contribution < -0.4 is 5.32 Å². The van der Waals surface area contributed by atoms with Crippen LogP contribution in [-0.4, -0.2) is 17.0 Å². The molecule has 0 heterocycles. The van der Waals surface area contributed by atoms with E-state index in [-0.39, 0.29) is 5.82 Å². The Hall–Kier alpha value is -0.540. The van der Waals surface area contributed by atoms with Gasteiger partial charge in [0.15, 0.2) is 0 Å². The molecule has 18 heavy (non-hydrogen) atoms. The molecule has 1 aromatic rings. The first-order valence-corrected chi connectivity index (χ1v) is 7.85. The van der Waals surface area contributed by atoms with Crippen LogP contribution in [0.3, 0.4) is 0 Å². The van der Waals surface area contributed by atoms with Crippen molar-refractivity contribution in [3.8, 4) is 0 Å². The van der Waals surface area contributed by atoms with Crippen LogP contribution in [0.25, 0.3) is 0 Å². The van der Waals surface area contributed by atoms with Crippen LogP contribution in [0.15, 0.2) is 18.2 Å². The Bertz CT molecular complexity index is 394. The fourth-order valence-corrected chi connectivity index (χ4v) is 3.86. The van der Waals surface area contributed by atoms with Crippen LogP contribution in [0, 0.1) is 12.7 Å². The molecule has 1 saturated carbocycles. The summed E-state index contributed by atoms with van der Waals surface area (Å²) >= 11 is 2.07. The first kappa shape index (κ1) is 13.9. The molecule has 1 aliphatic rings. The second-order valence-electron chi connectivity index (χ2n) is 5.00. The van der Waals surface area contributed by atoms with Crippen LogP contribution in [0.2, 0.25) is 0 Å². The van der Waals surface area contributed by atoms with Gasteiger partial charge in [-0.1, -0.05) is 25.5 Å². The monoisotopic (exact) mass is 267 g/mol. The lowest BCUT2D eigenvalue weighted by atomic mass is 10.1. The molecule has 1 aromatic carbocycles. The van der Waals surface area contributed by atoms with Gasteiger partial charge in [-0.15, -0.1) is 0 Å². The summed E-state index contributed by atoms with van der Waals surface area (Å²) in [6, 6.07) is 6.02. The number of thioether (sulfide) groups is 1. The number of benzene rings is 1. The Labute approximate surface area is 114 Å². The standard InChI is InChI=1S/C15H22FNS/c1-3-18-15-6-4-5-14(15)17-10-12-7-8-13(16)11(2)9-12/h7-9,14-15,17H,3-6,10H2,1-2H3. The lowest BCUT2D eigenvalue weighted by Crippen LogP contribution is -2.33. The van der Waals surface area contributed by atoms with Crippen molar-refractivity contribution >= 4 is 11.8 Å². The molecule has 0 amide bonds. The molecule has 2 rings (SSSR count). The van der Waals surface area contributed by atoms with Gasteiger partial charge in [0.1, 0.15) is 5.82 Å². The summed E-state index contributed by atoms with van der Waals surface area (Å²) in [7, 11) is 0. The van der Waals surface area contributed by atoms with E-state index in [9.17, 15) is 4.39 Å². The van der Waals surface area contributed by atoms with Gasteiger partial charge < -0.3 is 5.32 Å². The molecule has 0 aromatic heterocycles. The van der Waals surface area contributed by atoms with Crippen molar-refractivity contribution in [3.05, 3.63) is 35.1 Å². The predicted octanol–water partition coefficient (Wildman–Crippen LogP) is 3.90. The minimum Gasteiger partial charge on any atom is -0.309 e. The zero-order valence-electron chi connectivity index (χ0n) is 11.2. The zero-order valence-corrected chi connectivity index (χ0v) is 12.0. The predicted molar refractivity (Wildman–Crippen MR) is 77.5 cm³/mol. The highest BCUT2D eigenvalue weighted by molar-refractivity contribution is 7.99. The van der Waals surface area contributed by atoms with Gasteiger partial charge in [0.2, 0.25) is 0 Å². The fraction of sp³-hybridized carbons (Fsp3) is 0.600. The van der Waals surface area contributed by atoms with Gasteiger partial charge in [-0.3, -0.25) is 0 Å². The quantitative estimate of drug-likeness (QED) is 0.868. The molecule has 0 aliphatic heterocycles. The Morgan fingerprint density at radius 2 is 2.22 bits per heavy atom. The highest BCUT2D eigenvalue weighted by atomic mass is 32.2. The lowest BCUT2D eigenvalue weighted by Gasteiger charge is -2.20. The van der Waals surface area contributed by atoms with E-state index < -0.39 is 0 Å². The zero-order chi connectivity index (χ0) is 13.0. The third-order valence-electron chi connectivity index (χ3n) is 3.62. The van der Waals surface area contributed by atoms with Crippen molar-refractivity contribution < 1.29 is 4.39 Å². The summed E-state index contributed by atoms with van der Waals surface area (Å²) in [4.78, 5) is 0. The third-order valence-corrected chi connectivity index (χ3v) is 4.95. The summed E-state index contributed by atoms with van der Waals surface area (Å²) in [6.07, 6.45) is 3.94. The number of aryl methyl sites for hydroxylation is 1. The third kappa shape index (κ3) is 3.48. The topological polar surface area (TPSA) is 12.0 Å². The van der Waals surface area contributed by atoms with Crippen molar-refractivity contribution in [2.45, 2.75) is 50.9 Å². The van der Waals surface area contributed by atoms with Gasteiger partial charge >= 0.3 is 0 Å². The van der Waals surface area contributed by atoms with E-state index in [1.807, 2.05) is 19.1 Å². The van der Waals surface area contributed by atoms with Gasteiger partial charge in [-0.2, -0.15) is 11.8 Å². The number of halogens is 1. The van der Waals surface area contributed by atoms with Gasteiger partial charge in [0.25, 0.3) is 0 Å². The van der Waals surface area contributed by atoms with E-state index in [0.29, 0.717) is 6.04 Å². The number of nitrogens with one attached hydrogen (secondary N) is 1. The maximum absolute atomic E-state index is 13.2. The Kier molecular flexibility index (Phi) is 5.07. The average molecular weight is 267 g/mol. The smallest absolute Gasteiger partial charge is 0.126 e. The second-order valence-corrected chi connectivity index (χ2v) is 6.51. The highest BCUT2D eigenvalue weighted by Crippen LogP contribution is 2.30. The van der Waals surface area contributed by atoms with Crippen molar-refractivity contribution in [2.24, 2.45) is 0 Å². The van der Waals surface area contributed by atoms with Crippen LogP contribution in [-0.2, 0) is 6.54 Å². The second kappa shape index (κ2) is 6.58. The molecule has 1 nitrogen and oxygen atoms in total. The molecule has 0 spiro atoms. The molecule has 100 valence electrons. The summed E-state index contributed by atoms with van der Waals surface area (Å²) < 4.78 is 13.2. The molecule has 3 heteroatoms. The van der Waals surface area contributed by atoms with E-state index in [0.717, 1.165) is 17.4 Å². The van der Waals surface area contributed by atoms with Gasteiger partial charge in [0.05, 0.1) is 0 Å². The average Bonchev–Trinajstić information content (AvgIpc) is 2.79. The molecular weight excluding hydrogens is 245 g/mol. The molecular formula is C15H22FNS. The summed E-state index contributed by atoms with van der Waals surface area (Å²) in [5.41, 5.74) is 1.92. The number of hydrogen-bond acceptors (Lipinski definition) is 2. The molecule has 1 aliphatic carbocycles. The minimum atomic E-state index is -0.112. The van der Waals surface area contributed by atoms with E-state index >= 15 is 0 Å². The van der Waals surface area contributed by atoms with Crippen molar-refractivity contribution in [2.75, 3.05) is 5.75 Å². The van der Waals surface area contributed by atoms with Gasteiger partial charge in [-0.25, -0.2) is 4.39 Å². The molecule has 1 fully saturated rings. The van der Waals surface area contributed by atoms with Crippen LogP contribution in [0.5, 0.6) is 0 Å². The van der Waals surface area contributed by atoms with E-state index in [1.165, 1.54) is 30.6 Å². The summed E-state index contributed by atoms with van der Waals surface area (Å²) in [5, 5.41) is 4.40. The molecule has 0 bridgehead atoms. The number of rotatable bonds is 5.